The molecule has 0 bridgehead atoms. The number of hydrogen-bond acceptors (Lipinski definition) is 3. The predicted molar refractivity (Wildman–Crippen MR) is 87.5 cm³/mol. The molecule has 1 N–H and O–H groups in total. The van der Waals surface area contributed by atoms with E-state index in [1.165, 1.54) is 0 Å². The van der Waals surface area contributed by atoms with Crippen molar-refractivity contribution < 1.29 is 19.4 Å². The summed E-state index contributed by atoms with van der Waals surface area (Å²) in [5.41, 5.74) is 1.25. The minimum absolute atomic E-state index is 0.142. The number of rotatable bonds is 7. The van der Waals surface area contributed by atoms with Crippen LogP contribution in [-0.2, 0) is 16.0 Å². The van der Waals surface area contributed by atoms with E-state index >= 15 is 0 Å². The van der Waals surface area contributed by atoms with Crippen molar-refractivity contribution in [3.8, 4) is 0 Å². The Balaban J connectivity index is 1.76. The fourth-order valence-electron chi connectivity index (χ4n) is 2.64. The number of hydrogen-bond donors (Lipinski definition) is 1. The highest BCUT2D eigenvalue weighted by Crippen LogP contribution is 2.16. The van der Waals surface area contributed by atoms with Gasteiger partial charge in [-0.05, 0) is 36.5 Å². The third-order valence-electron chi connectivity index (χ3n) is 3.99. The van der Waals surface area contributed by atoms with Gasteiger partial charge in [0, 0.05) is 26.1 Å². The molecule has 0 radical (unpaired) electrons. The van der Waals surface area contributed by atoms with E-state index in [2.05, 4.69) is 13.8 Å². The monoisotopic (exact) mass is 319 g/mol. The van der Waals surface area contributed by atoms with E-state index in [4.69, 9.17) is 9.84 Å². The molecule has 1 saturated heterocycles. The van der Waals surface area contributed by atoms with Gasteiger partial charge in [-0.1, -0.05) is 26.0 Å². The Hall–Kier alpha value is -1.88. The summed E-state index contributed by atoms with van der Waals surface area (Å²) in [5, 5.41) is 8.87. The first-order valence-corrected chi connectivity index (χ1v) is 8.17. The second kappa shape index (κ2) is 8.11. The fourth-order valence-corrected chi connectivity index (χ4v) is 2.64. The number of carbonyl (C=O) groups is 2. The molecule has 0 aromatic heterocycles. The molecule has 0 saturated carbocycles. The van der Waals surface area contributed by atoms with Crippen molar-refractivity contribution in [2.45, 2.75) is 39.2 Å². The first kappa shape index (κ1) is 17.5. The highest BCUT2D eigenvalue weighted by Gasteiger charge is 2.26. The summed E-state index contributed by atoms with van der Waals surface area (Å²) < 4.78 is 5.79. The summed E-state index contributed by atoms with van der Waals surface area (Å²) in [4.78, 5) is 24.9. The van der Waals surface area contributed by atoms with Gasteiger partial charge < -0.3 is 14.7 Å². The average Bonchev–Trinajstić information content (AvgIpc) is 3.00. The number of carboxylic acids is 1. The zero-order valence-electron chi connectivity index (χ0n) is 13.8. The molecule has 1 atom stereocenters. The number of carbonyl (C=O) groups excluding carboxylic acids is 1. The van der Waals surface area contributed by atoms with Gasteiger partial charge in [-0.25, -0.2) is 4.79 Å². The third-order valence-corrected chi connectivity index (χ3v) is 3.99. The SMILES string of the molecule is CC(C)COC1CCN(C(=O)CCc2ccc(C(=O)O)cc2)C1. The lowest BCUT2D eigenvalue weighted by atomic mass is 10.1. The van der Waals surface area contributed by atoms with Crippen LogP contribution in [0.25, 0.3) is 0 Å². The average molecular weight is 319 g/mol. The molecule has 1 aliphatic rings. The quantitative estimate of drug-likeness (QED) is 0.839. The lowest BCUT2D eigenvalue weighted by Crippen LogP contribution is -2.30. The predicted octanol–water partition coefficient (Wildman–Crippen LogP) is 2.59. The van der Waals surface area contributed by atoms with Crippen molar-refractivity contribution in [1.29, 1.82) is 0 Å². The van der Waals surface area contributed by atoms with Gasteiger partial charge in [0.2, 0.25) is 5.91 Å². The van der Waals surface area contributed by atoms with E-state index in [1.54, 1.807) is 24.3 Å². The molecule has 1 amide bonds. The Bertz CT molecular complexity index is 538. The molecular weight excluding hydrogens is 294 g/mol. The number of aromatic carboxylic acids is 1. The smallest absolute Gasteiger partial charge is 0.335 e. The molecule has 2 rings (SSSR count). The van der Waals surface area contributed by atoms with Crippen LogP contribution in [0.2, 0.25) is 0 Å². The Labute approximate surface area is 137 Å². The van der Waals surface area contributed by atoms with Crippen LogP contribution in [-0.4, -0.2) is 47.7 Å². The third kappa shape index (κ3) is 5.36. The van der Waals surface area contributed by atoms with Gasteiger partial charge in [0.25, 0.3) is 0 Å². The highest BCUT2D eigenvalue weighted by molar-refractivity contribution is 5.87. The van der Waals surface area contributed by atoms with Crippen LogP contribution in [0.3, 0.4) is 0 Å². The van der Waals surface area contributed by atoms with E-state index in [9.17, 15) is 9.59 Å². The zero-order chi connectivity index (χ0) is 16.8. The molecule has 1 unspecified atom stereocenters. The number of nitrogens with zero attached hydrogens (tertiary/aromatic N) is 1. The second-order valence-electron chi connectivity index (χ2n) is 6.48. The van der Waals surface area contributed by atoms with Crippen molar-refractivity contribution in [2.75, 3.05) is 19.7 Å². The van der Waals surface area contributed by atoms with Crippen LogP contribution in [0.4, 0.5) is 0 Å². The highest BCUT2D eigenvalue weighted by atomic mass is 16.5. The molecule has 126 valence electrons. The zero-order valence-corrected chi connectivity index (χ0v) is 13.8. The summed E-state index contributed by atoms with van der Waals surface area (Å²) in [5.74, 6) is -0.284. The maximum Gasteiger partial charge on any atom is 0.335 e. The Morgan fingerprint density at radius 1 is 1.30 bits per heavy atom. The number of benzene rings is 1. The molecule has 0 aliphatic carbocycles. The van der Waals surface area contributed by atoms with Gasteiger partial charge in [0.15, 0.2) is 0 Å². The number of carboxylic acid groups (broad SMARTS) is 1. The summed E-state index contributed by atoms with van der Waals surface area (Å²) in [7, 11) is 0. The molecule has 1 heterocycles. The van der Waals surface area contributed by atoms with E-state index in [0.29, 0.717) is 25.3 Å². The van der Waals surface area contributed by atoms with Gasteiger partial charge in [0.05, 0.1) is 11.7 Å². The summed E-state index contributed by atoms with van der Waals surface area (Å²) in [6.07, 6.45) is 2.15. The number of likely N-dealkylation sites (tertiary alicyclic amines) is 1. The van der Waals surface area contributed by atoms with Crippen LogP contribution in [0.5, 0.6) is 0 Å². The van der Waals surface area contributed by atoms with Crippen LogP contribution >= 0.6 is 0 Å². The van der Waals surface area contributed by atoms with Crippen LogP contribution in [0, 0.1) is 5.92 Å². The first-order valence-electron chi connectivity index (χ1n) is 8.17. The minimum atomic E-state index is -0.933. The molecule has 5 nitrogen and oxygen atoms in total. The van der Waals surface area contributed by atoms with E-state index in [-0.39, 0.29) is 17.6 Å². The number of aryl methyl sites for hydroxylation is 1. The lowest BCUT2D eigenvalue weighted by molar-refractivity contribution is -0.130. The molecule has 1 aromatic carbocycles. The summed E-state index contributed by atoms with van der Waals surface area (Å²) >= 11 is 0. The van der Waals surface area contributed by atoms with Crippen molar-refractivity contribution in [3.63, 3.8) is 0 Å². The largest absolute Gasteiger partial charge is 0.478 e. The van der Waals surface area contributed by atoms with Crippen molar-refractivity contribution in [3.05, 3.63) is 35.4 Å². The maximum absolute atomic E-state index is 12.3. The molecule has 1 fully saturated rings. The van der Waals surface area contributed by atoms with Gasteiger partial charge >= 0.3 is 5.97 Å². The number of amides is 1. The summed E-state index contributed by atoms with van der Waals surface area (Å²) in [6.45, 7) is 6.42. The lowest BCUT2D eigenvalue weighted by Gasteiger charge is -2.17. The van der Waals surface area contributed by atoms with E-state index in [1.807, 2.05) is 4.90 Å². The van der Waals surface area contributed by atoms with Crippen molar-refractivity contribution in [2.24, 2.45) is 5.92 Å². The van der Waals surface area contributed by atoms with Crippen LogP contribution in [0.15, 0.2) is 24.3 Å². The van der Waals surface area contributed by atoms with Crippen LogP contribution in [0.1, 0.15) is 42.6 Å². The Morgan fingerprint density at radius 3 is 2.61 bits per heavy atom. The molecule has 1 aliphatic heterocycles. The molecular formula is C18H25NO4. The standard InChI is InChI=1S/C18H25NO4/c1-13(2)12-23-16-9-10-19(11-16)17(20)8-5-14-3-6-15(7-4-14)18(21)22/h3-4,6-7,13,16H,5,8-12H2,1-2H3,(H,21,22). The van der Waals surface area contributed by atoms with Gasteiger partial charge in [-0.3, -0.25) is 4.79 Å². The topological polar surface area (TPSA) is 66.8 Å². The van der Waals surface area contributed by atoms with Crippen molar-refractivity contribution >= 4 is 11.9 Å². The van der Waals surface area contributed by atoms with Gasteiger partial charge in [-0.15, -0.1) is 0 Å². The molecule has 0 spiro atoms. The minimum Gasteiger partial charge on any atom is -0.478 e. The first-order chi connectivity index (χ1) is 11.0. The molecule has 1 aromatic rings. The summed E-state index contributed by atoms with van der Waals surface area (Å²) in [6, 6.07) is 6.70. The van der Waals surface area contributed by atoms with Crippen molar-refractivity contribution in [1.82, 2.24) is 4.90 Å². The number of ether oxygens (including phenoxy) is 1. The Morgan fingerprint density at radius 2 is 2.00 bits per heavy atom. The Kier molecular flexibility index (Phi) is 6.16. The van der Waals surface area contributed by atoms with Crippen LogP contribution < -0.4 is 0 Å². The van der Waals surface area contributed by atoms with E-state index < -0.39 is 5.97 Å². The van der Waals surface area contributed by atoms with Gasteiger partial charge in [0.1, 0.15) is 0 Å². The van der Waals surface area contributed by atoms with Gasteiger partial charge in [-0.2, -0.15) is 0 Å². The molecule has 5 heteroatoms. The normalized spacial score (nSPS) is 17.7. The maximum atomic E-state index is 12.3. The molecule has 23 heavy (non-hydrogen) atoms. The fraction of sp³-hybridized carbons (Fsp3) is 0.556. The van der Waals surface area contributed by atoms with E-state index in [0.717, 1.165) is 25.1 Å². The second-order valence-corrected chi connectivity index (χ2v) is 6.48.